The van der Waals surface area contributed by atoms with Crippen molar-refractivity contribution in [1.82, 2.24) is 24.0 Å². The summed E-state index contributed by atoms with van der Waals surface area (Å²) in [7, 11) is 3.04. The zero-order valence-corrected chi connectivity index (χ0v) is 11.8. The summed E-state index contributed by atoms with van der Waals surface area (Å²) >= 11 is 0. The Morgan fingerprint density at radius 1 is 1.35 bits per heavy atom. The van der Waals surface area contributed by atoms with Gasteiger partial charge in [-0.25, -0.2) is 9.78 Å². The van der Waals surface area contributed by atoms with E-state index in [-0.39, 0.29) is 23.9 Å². The van der Waals surface area contributed by atoms with Crippen LogP contribution in [0.3, 0.4) is 0 Å². The number of aliphatic hydroxyl groups excluding tert-OH is 1. The number of aromatic nitrogens is 4. The average Bonchev–Trinajstić information content (AvgIpc) is 2.86. The lowest BCUT2D eigenvalue weighted by Gasteiger charge is -2.11. The van der Waals surface area contributed by atoms with Crippen molar-refractivity contribution in [3.8, 4) is 0 Å². The van der Waals surface area contributed by atoms with Gasteiger partial charge < -0.3 is 15.0 Å². The van der Waals surface area contributed by atoms with Gasteiger partial charge in [-0.15, -0.1) is 0 Å². The highest BCUT2D eigenvalue weighted by atomic mass is 16.3. The molecule has 2 heterocycles. The van der Waals surface area contributed by atoms with E-state index < -0.39 is 0 Å². The van der Waals surface area contributed by atoms with Gasteiger partial charge in [0.2, 0.25) is 0 Å². The van der Waals surface area contributed by atoms with Crippen molar-refractivity contribution in [3.63, 3.8) is 0 Å². The summed E-state index contributed by atoms with van der Waals surface area (Å²) in [6, 6.07) is -0.00280. The second kappa shape index (κ2) is 5.59. The van der Waals surface area contributed by atoms with Crippen molar-refractivity contribution in [2.45, 2.75) is 19.5 Å². The third-order valence-electron chi connectivity index (χ3n) is 3.34. The van der Waals surface area contributed by atoms with Crippen molar-refractivity contribution in [1.29, 1.82) is 0 Å². The van der Waals surface area contributed by atoms with E-state index in [1.165, 1.54) is 11.6 Å². The third-order valence-corrected chi connectivity index (χ3v) is 3.34. The van der Waals surface area contributed by atoms with E-state index in [0.717, 1.165) is 4.57 Å². The summed E-state index contributed by atoms with van der Waals surface area (Å²) in [6.45, 7) is 3.06. The topological polar surface area (TPSA) is 94.1 Å². The normalized spacial score (nSPS) is 13.0. The van der Waals surface area contributed by atoms with E-state index in [1.54, 1.807) is 17.9 Å². The number of aliphatic hydroxyl groups is 1. The average molecular weight is 281 g/mol. The standard InChI is InChI=1S/C12H19N5O3/c1-8(6-18)13-4-5-17-7-14-10-9(17)11(19)16(3)12(20)15(10)2/h7-8,13,18H,4-6H2,1-3H3/t8-/m1/s1. The van der Waals surface area contributed by atoms with Crippen molar-refractivity contribution in [3.05, 3.63) is 27.2 Å². The lowest BCUT2D eigenvalue weighted by Crippen LogP contribution is -2.38. The van der Waals surface area contributed by atoms with Crippen LogP contribution in [-0.4, -0.2) is 43.0 Å². The van der Waals surface area contributed by atoms with Crippen LogP contribution in [0.4, 0.5) is 0 Å². The molecule has 1 atom stereocenters. The van der Waals surface area contributed by atoms with Gasteiger partial charge in [-0.05, 0) is 6.92 Å². The second-order valence-corrected chi connectivity index (χ2v) is 4.85. The molecule has 0 bridgehead atoms. The van der Waals surface area contributed by atoms with Gasteiger partial charge in [0.05, 0.1) is 12.9 Å². The van der Waals surface area contributed by atoms with Crippen LogP contribution < -0.4 is 16.6 Å². The Morgan fingerprint density at radius 3 is 2.70 bits per heavy atom. The number of rotatable bonds is 5. The molecular weight excluding hydrogens is 262 g/mol. The van der Waals surface area contributed by atoms with Crippen LogP contribution in [0, 0.1) is 0 Å². The van der Waals surface area contributed by atoms with Crippen molar-refractivity contribution < 1.29 is 5.11 Å². The van der Waals surface area contributed by atoms with Gasteiger partial charge in [0.25, 0.3) is 5.56 Å². The predicted molar refractivity (Wildman–Crippen MR) is 74.8 cm³/mol. The maximum absolute atomic E-state index is 12.2. The summed E-state index contributed by atoms with van der Waals surface area (Å²) in [4.78, 5) is 28.1. The van der Waals surface area contributed by atoms with Crippen LogP contribution in [0.5, 0.6) is 0 Å². The molecule has 0 aliphatic heterocycles. The Morgan fingerprint density at radius 2 is 2.05 bits per heavy atom. The molecule has 8 heteroatoms. The van der Waals surface area contributed by atoms with Gasteiger partial charge in [0, 0.05) is 33.2 Å². The molecule has 0 aromatic carbocycles. The second-order valence-electron chi connectivity index (χ2n) is 4.85. The highest BCUT2D eigenvalue weighted by Crippen LogP contribution is 2.04. The minimum atomic E-state index is -0.389. The molecule has 0 saturated carbocycles. The maximum Gasteiger partial charge on any atom is 0.332 e. The van der Waals surface area contributed by atoms with E-state index in [2.05, 4.69) is 10.3 Å². The molecule has 0 unspecified atom stereocenters. The van der Waals surface area contributed by atoms with E-state index >= 15 is 0 Å². The quantitative estimate of drug-likeness (QED) is 0.689. The van der Waals surface area contributed by atoms with Crippen molar-refractivity contribution >= 4 is 11.2 Å². The fourth-order valence-corrected chi connectivity index (χ4v) is 2.06. The maximum atomic E-state index is 12.2. The molecule has 20 heavy (non-hydrogen) atoms. The van der Waals surface area contributed by atoms with Crippen LogP contribution in [0.2, 0.25) is 0 Å². The molecule has 2 rings (SSSR count). The monoisotopic (exact) mass is 281 g/mol. The van der Waals surface area contributed by atoms with Crippen LogP contribution in [0.15, 0.2) is 15.9 Å². The Balaban J connectivity index is 2.37. The number of hydrogen-bond acceptors (Lipinski definition) is 5. The van der Waals surface area contributed by atoms with Crippen LogP contribution >= 0.6 is 0 Å². The van der Waals surface area contributed by atoms with Gasteiger partial charge >= 0.3 is 5.69 Å². The van der Waals surface area contributed by atoms with Gasteiger partial charge in [-0.3, -0.25) is 13.9 Å². The first-order valence-electron chi connectivity index (χ1n) is 6.42. The molecule has 0 aliphatic rings. The molecular formula is C12H19N5O3. The zero-order chi connectivity index (χ0) is 14.9. The van der Waals surface area contributed by atoms with Crippen molar-refractivity contribution in [2.75, 3.05) is 13.2 Å². The minimum absolute atomic E-state index is 0.00280. The fraction of sp³-hybridized carbons (Fsp3) is 0.583. The predicted octanol–water partition coefficient (Wildman–Crippen LogP) is -1.60. The molecule has 2 N–H and O–H groups in total. The third kappa shape index (κ3) is 2.39. The molecule has 2 aromatic rings. The molecule has 0 fully saturated rings. The Hall–Kier alpha value is -1.93. The van der Waals surface area contributed by atoms with Gasteiger partial charge in [0.1, 0.15) is 0 Å². The summed E-state index contributed by atoms with van der Waals surface area (Å²) in [5.41, 5.74) is 0.0527. The molecule has 2 aromatic heterocycles. The summed E-state index contributed by atoms with van der Waals surface area (Å²) in [5.74, 6) is 0. The molecule has 0 saturated heterocycles. The number of imidazole rings is 1. The smallest absolute Gasteiger partial charge is 0.332 e. The first-order valence-corrected chi connectivity index (χ1v) is 6.42. The Kier molecular flexibility index (Phi) is 4.05. The van der Waals surface area contributed by atoms with E-state index in [0.29, 0.717) is 24.3 Å². The number of nitrogens with zero attached hydrogens (tertiary/aromatic N) is 4. The molecule has 0 amide bonds. The van der Waals surface area contributed by atoms with E-state index in [4.69, 9.17) is 5.11 Å². The van der Waals surface area contributed by atoms with Crippen LogP contribution in [0.1, 0.15) is 6.92 Å². The summed E-state index contributed by atoms with van der Waals surface area (Å²) in [6.07, 6.45) is 1.55. The first kappa shape index (κ1) is 14.5. The molecule has 0 radical (unpaired) electrons. The molecule has 0 spiro atoms. The molecule has 110 valence electrons. The number of aryl methyl sites for hydroxylation is 1. The first-order chi connectivity index (χ1) is 9.47. The molecule has 8 nitrogen and oxygen atoms in total. The summed E-state index contributed by atoms with van der Waals surface area (Å²) in [5, 5.41) is 12.1. The number of fused-ring (bicyclic) bond motifs is 1. The summed E-state index contributed by atoms with van der Waals surface area (Å²) < 4.78 is 4.15. The highest BCUT2D eigenvalue weighted by molar-refractivity contribution is 5.69. The van der Waals surface area contributed by atoms with Crippen LogP contribution in [0.25, 0.3) is 11.2 Å². The van der Waals surface area contributed by atoms with Gasteiger partial charge in [0.15, 0.2) is 11.2 Å². The largest absolute Gasteiger partial charge is 0.395 e. The van der Waals surface area contributed by atoms with Gasteiger partial charge in [-0.2, -0.15) is 0 Å². The van der Waals surface area contributed by atoms with E-state index in [9.17, 15) is 9.59 Å². The lowest BCUT2D eigenvalue weighted by atomic mass is 10.3. The zero-order valence-electron chi connectivity index (χ0n) is 11.8. The fourth-order valence-electron chi connectivity index (χ4n) is 2.06. The SMILES string of the molecule is C[C@H](CO)NCCn1cnc2c1c(=O)n(C)c(=O)n2C. The van der Waals surface area contributed by atoms with E-state index in [1.807, 2.05) is 6.92 Å². The Bertz CT molecular complexity index is 727. The number of nitrogens with one attached hydrogen (secondary N) is 1. The lowest BCUT2D eigenvalue weighted by molar-refractivity contribution is 0.251. The highest BCUT2D eigenvalue weighted by Gasteiger charge is 2.13. The molecule has 0 aliphatic carbocycles. The number of hydrogen-bond donors (Lipinski definition) is 2. The van der Waals surface area contributed by atoms with Crippen LogP contribution in [-0.2, 0) is 20.6 Å². The minimum Gasteiger partial charge on any atom is -0.395 e. The van der Waals surface area contributed by atoms with Crippen molar-refractivity contribution in [2.24, 2.45) is 14.1 Å². The Labute approximate surface area is 115 Å². The van der Waals surface area contributed by atoms with Gasteiger partial charge in [-0.1, -0.05) is 0 Å².